The van der Waals surface area contributed by atoms with Crippen LogP contribution in [-0.2, 0) is 0 Å². The number of aliphatic imine (C=N–C) groups is 1. The minimum absolute atomic E-state index is 0.121. The Hall–Kier alpha value is -1.44. The van der Waals surface area contributed by atoms with Crippen molar-refractivity contribution in [1.82, 2.24) is 0 Å². The van der Waals surface area contributed by atoms with Gasteiger partial charge in [0.1, 0.15) is 5.82 Å². The molecule has 1 aromatic carbocycles. The Bertz CT molecular complexity index is 433. The van der Waals surface area contributed by atoms with E-state index in [9.17, 15) is 4.39 Å². The molecular weight excluding hydrogens is 213 g/mol. The lowest BCUT2D eigenvalue weighted by molar-refractivity contribution is 0.504. The van der Waals surface area contributed by atoms with Crippen LogP contribution < -0.4 is 0 Å². The number of nitrogens with zero attached hydrogens (tertiary/aromatic N) is 1. The van der Waals surface area contributed by atoms with Gasteiger partial charge in [-0.25, -0.2) is 4.39 Å². The van der Waals surface area contributed by atoms with E-state index in [1.54, 1.807) is 19.2 Å². The Morgan fingerprint density at radius 2 is 1.71 bits per heavy atom. The van der Waals surface area contributed by atoms with Crippen molar-refractivity contribution in [2.24, 2.45) is 10.4 Å². The van der Waals surface area contributed by atoms with Crippen molar-refractivity contribution in [2.75, 3.05) is 7.05 Å². The van der Waals surface area contributed by atoms with E-state index in [4.69, 9.17) is 0 Å². The molecule has 92 valence electrons. The number of rotatable bonds is 2. The summed E-state index contributed by atoms with van der Waals surface area (Å²) < 4.78 is 12.9. The maximum absolute atomic E-state index is 12.9. The first-order valence-corrected chi connectivity index (χ1v) is 5.76. The van der Waals surface area contributed by atoms with Crippen molar-refractivity contribution in [3.63, 3.8) is 0 Å². The first-order chi connectivity index (χ1) is 7.84. The van der Waals surface area contributed by atoms with Gasteiger partial charge in [0.2, 0.25) is 0 Å². The summed E-state index contributed by atoms with van der Waals surface area (Å²) in [5.74, 6) is -0.222. The van der Waals surface area contributed by atoms with E-state index in [1.807, 2.05) is 0 Å². The molecule has 0 spiro atoms. The fourth-order valence-corrected chi connectivity index (χ4v) is 1.32. The highest BCUT2D eigenvalue weighted by Gasteiger charge is 2.13. The zero-order valence-corrected chi connectivity index (χ0v) is 11.2. The van der Waals surface area contributed by atoms with Crippen LogP contribution in [0.5, 0.6) is 0 Å². The average Bonchev–Trinajstić information content (AvgIpc) is 2.25. The predicted molar refractivity (Wildman–Crippen MR) is 72.1 cm³/mol. The van der Waals surface area contributed by atoms with Gasteiger partial charge in [0.15, 0.2) is 0 Å². The Balaban J connectivity index is 3.07. The van der Waals surface area contributed by atoms with Crippen LogP contribution in [0.25, 0.3) is 0 Å². The molecule has 0 amide bonds. The van der Waals surface area contributed by atoms with Gasteiger partial charge in [-0.05, 0) is 48.2 Å². The molecule has 0 aliphatic rings. The minimum Gasteiger partial charge on any atom is -0.288 e. The molecule has 0 aliphatic carbocycles. The molecule has 17 heavy (non-hydrogen) atoms. The third-order valence-electron chi connectivity index (χ3n) is 2.92. The van der Waals surface area contributed by atoms with E-state index in [0.29, 0.717) is 0 Å². The monoisotopic (exact) mass is 233 g/mol. The quantitative estimate of drug-likeness (QED) is 0.678. The molecule has 0 bridgehead atoms. The Morgan fingerprint density at radius 1 is 1.18 bits per heavy atom. The van der Waals surface area contributed by atoms with Gasteiger partial charge in [-0.15, -0.1) is 0 Å². The number of hydrogen-bond acceptors (Lipinski definition) is 1. The van der Waals surface area contributed by atoms with Crippen molar-refractivity contribution in [3.05, 3.63) is 47.3 Å². The zero-order chi connectivity index (χ0) is 13.1. The lowest BCUT2D eigenvalue weighted by Gasteiger charge is -2.19. The van der Waals surface area contributed by atoms with Crippen LogP contribution in [-0.4, -0.2) is 12.8 Å². The fraction of sp³-hybridized carbons (Fsp3) is 0.400. The third kappa shape index (κ3) is 3.81. The van der Waals surface area contributed by atoms with Gasteiger partial charge in [-0.3, -0.25) is 4.99 Å². The summed E-state index contributed by atoms with van der Waals surface area (Å²) in [7, 11) is 1.76. The van der Waals surface area contributed by atoms with Gasteiger partial charge in [-0.1, -0.05) is 26.3 Å². The molecule has 0 fully saturated rings. The van der Waals surface area contributed by atoms with Crippen molar-refractivity contribution in [1.29, 1.82) is 0 Å². The molecule has 0 atom stereocenters. The van der Waals surface area contributed by atoms with E-state index < -0.39 is 0 Å². The van der Waals surface area contributed by atoms with E-state index in [-0.39, 0.29) is 11.2 Å². The smallest absolute Gasteiger partial charge is 0.123 e. The molecule has 0 aliphatic heterocycles. The van der Waals surface area contributed by atoms with Gasteiger partial charge in [-0.2, -0.15) is 0 Å². The van der Waals surface area contributed by atoms with Gasteiger partial charge in [0.25, 0.3) is 0 Å². The van der Waals surface area contributed by atoms with Crippen LogP contribution in [0.1, 0.15) is 33.3 Å². The highest BCUT2D eigenvalue weighted by atomic mass is 19.1. The van der Waals surface area contributed by atoms with Crippen molar-refractivity contribution in [2.45, 2.75) is 27.7 Å². The van der Waals surface area contributed by atoms with Gasteiger partial charge < -0.3 is 0 Å². The van der Waals surface area contributed by atoms with Crippen molar-refractivity contribution >= 4 is 5.71 Å². The van der Waals surface area contributed by atoms with Crippen LogP contribution in [0.3, 0.4) is 0 Å². The fourth-order valence-electron chi connectivity index (χ4n) is 1.32. The van der Waals surface area contributed by atoms with Crippen LogP contribution in [0.2, 0.25) is 0 Å². The molecule has 0 saturated carbocycles. The molecule has 0 heterocycles. The molecule has 1 nitrogen and oxygen atoms in total. The lowest BCUT2D eigenvalue weighted by atomic mass is 9.86. The average molecular weight is 233 g/mol. The SMILES string of the molecule is CN=C(C=C(C)C(C)(C)C)c1ccc(F)cc1. The molecule has 1 rings (SSSR count). The highest BCUT2D eigenvalue weighted by molar-refractivity contribution is 6.09. The standard InChI is InChI=1S/C15H20FN/c1-11(15(2,3)4)10-14(17-5)12-6-8-13(16)9-7-12/h6-10H,1-5H3. The summed E-state index contributed by atoms with van der Waals surface area (Å²) in [6.07, 6.45) is 2.06. The summed E-state index contributed by atoms with van der Waals surface area (Å²) in [6, 6.07) is 6.43. The molecular formula is C15H20FN. The molecule has 0 N–H and O–H groups in total. The first kappa shape index (κ1) is 13.6. The van der Waals surface area contributed by atoms with E-state index >= 15 is 0 Å². The highest BCUT2D eigenvalue weighted by Crippen LogP contribution is 2.24. The van der Waals surface area contributed by atoms with Crippen molar-refractivity contribution < 1.29 is 4.39 Å². The molecule has 0 saturated heterocycles. The van der Waals surface area contributed by atoms with Gasteiger partial charge in [0.05, 0.1) is 5.71 Å². The van der Waals surface area contributed by atoms with E-state index in [2.05, 4.69) is 38.8 Å². The molecule has 1 aromatic rings. The molecule has 2 heteroatoms. The first-order valence-electron chi connectivity index (χ1n) is 5.76. The number of allylic oxidation sites excluding steroid dienone is 2. The van der Waals surface area contributed by atoms with Crippen LogP contribution in [0.4, 0.5) is 4.39 Å². The summed E-state index contributed by atoms with van der Waals surface area (Å²) in [5.41, 5.74) is 3.20. The number of benzene rings is 1. The second kappa shape index (κ2) is 5.26. The topological polar surface area (TPSA) is 12.4 Å². The number of hydrogen-bond donors (Lipinski definition) is 0. The summed E-state index contributed by atoms with van der Waals surface area (Å²) in [6.45, 7) is 8.58. The van der Waals surface area contributed by atoms with E-state index in [0.717, 1.165) is 11.3 Å². The normalized spacial score (nSPS) is 14.0. The zero-order valence-electron chi connectivity index (χ0n) is 11.2. The predicted octanol–water partition coefficient (Wildman–Crippen LogP) is 4.24. The Morgan fingerprint density at radius 3 is 2.12 bits per heavy atom. The summed E-state index contributed by atoms with van der Waals surface area (Å²) in [4.78, 5) is 4.26. The lowest BCUT2D eigenvalue weighted by Crippen LogP contribution is -2.09. The Kier molecular flexibility index (Phi) is 4.22. The van der Waals surface area contributed by atoms with Crippen molar-refractivity contribution in [3.8, 4) is 0 Å². The molecule has 0 aromatic heterocycles. The minimum atomic E-state index is -0.222. The summed E-state index contributed by atoms with van der Waals surface area (Å²) >= 11 is 0. The maximum atomic E-state index is 12.9. The second-order valence-corrected chi connectivity index (χ2v) is 5.19. The largest absolute Gasteiger partial charge is 0.288 e. The third-order valence-corrected chi connectivity index (χ3v) is 2.92. The molecule has 0 unspecified atom stereocenters. The summed E-state index contributed by atoms with van der Waals surface area (Å²) in [5, 5.41) is 0. The van der Waals surface area contributed by atoms with E-state index in [1.165, 1.54) is 17.7 Å². The maximum Gasteiger partial charge on any atom is 0.123 e. The number of halogens is 1. The Labute approximate surface area is 103 Å². The van der Waals surface area contributed by atoms with Gasteiger partial charge >= 0.3 is 0 Å². The van der Waals surface area contributed by atoms with Crippen LogP contribution in [0, 0.1) is 11.2 Å². The second-order valence-electron chi connectivity index (χ2n) is 5.19. The molecule has 0 radical (unpaired) electrons. The van der Waals surface area contributed by atoms with Gasteiger partial charge in [0, 0.05) is 7.05 Å². The van der Waals surface area contributed by atoms with Crippen LogP contribution in [0.15, 0.2) is 40.9 Å². The van der Waals surface area contributed by atoms with Crippen LogP contribution >= 0.6 is 0 Å².